The van der Waals surface area contributed by atoms with Crippen molar-refractivity contribution >= 4 is 43.9 Å². The Morgan fingerprint density at radius 3 is 2.81 bits per heavy atom. The number of phenols is 1. The van der Waals surface area contributed by atoms with Gasteiger partial charge in [-0.3, -0.25) is 0 Å². The number of hydrogen-bond donors (Lipinski definition) is 1. The largest absolute Gasteiger partial charge is 0.506 e. The van der Waals surface area contributed by atoms with Gasteiger partial charge in [-0.05, 0) is 41.1 Å². The van der Waals surface area contributed by atoms with Crippen LogP contribution in [0.15, 0.2) is 27.2 Å². The Balaban J connectivity index is 2.93. The molecule has 0 amide bonds. The zero-order chi connectivity index (χ0) is 12.1. The molecule has 1 aromatic rings. The minimum absolute atomic E-state index is 0.0868. The van der Waals surface area contributed by atoms with Crippen molar-refractivity contribution in [2.75, 3.05) is 6.61 Å². The van der Waals surface area contributed by atoms with Crippen LogP contribution in [0.2, 0.25) is 0 Å². The molecule has 0 atom stereocenters. The third-order valence-electron chi connectivity index (χ3n) is 1.74. The first-order chi connectivity index (χ1) is 7.54. The SMILES string of the molecule is CCOC(=O)C=Cc1cc(Br)cc(Br)c1O. The molecule has 0 aliphatic rings. The maximum atomic E-state index is 11.1. The Bertz CT molecular complexity index is 427. The summed E-state index contributed by atoms with van der Waals surface area (Å²) in [5, 5.41) is 9.69. The number of rotatable bonds is 3. The van der Waals surface area contributed by atoms with Gasteiger partial charge < -0.3 is 9.84 Å². The molecular formula is C11H10Br2O3. The molecule has 1 rings (SSSR count). The first kappa shape index (κ1) is 13.3. The van der Waals surface area contributed by atoms with Crippen LogP contribution in [-0.4, -0.2) is 17.7 Å². The summed E-state index contributed by atoms with van der Waals surface area (Å²) in [5.74, 6) is -0.346. The monoisotopic (exact) mass is 348 g/mol. The van der Waals surface area contributed by atoms with Crippen LogP contribution in [0.25, 0.3) is 6.08 Å². The van der Waals surface area contributed by atoms with Crippen LogP contribution in [0.1, 0.15) is 12.5 Å². The molecule has 3 nitrogen and oxygen atoms in total. The number of aromatic hydroxyl groups is 1. The van der Waals surface area contributed by atoms with Gasteiger partial charge in [-0.1, -0.05) is 15.9 Å². The molecule has 1 aromatic carbocycles. The third-order valence-corrected chi connectivity index (χ3v) is 2.81. The van der Waals surface area contributed by atoms with Gasteiger partial charge in [0.25, 0.3) is 0 Å². The Kier molecular flexibility index (Phi) is 5.02. The number of benzene rings is 1. The van der Waals surface area contributed by atoms with Gasteiger partial charge in [0.2, 0.25) is 0 Å². The van der Waals surface area contributed by atoms with Gasteiger partial charge in [0.15, 0.2) is 0 Å². The van der Waals surface area contributed by atoms with Gasteiger partial charge in [-0.15, -0.1) is 0 Å². The summed E-state index contributed by atoms with van der Waals surface area (Å²) < 4.78 is 6.10. The highest BCUT2D eigenvalue weighted by Gasteiger charge is 2.05. The summed E-state index contributed by atoms with van der Waals surface area (Å²) in [7, 11) is 0. The zero-order valence-corrected chi connectivity index (χ0v) is 11.7. The number of carbonyl (C=O) groups is 1. The van der Waals surface area contributed by atoms with Gasteiger partial charge in [0.1, 0.15) is 5.75 Å². The van der Waals surface area contributed by atoms with Gasteiger partial charge >= 0.3 is 5.97 Å². The zero-order valence-electron chi connectivity index (χ0n) is 8.54. The number of halogens is 2. The lowest BCUT2D eigenvalue weighted by atomic mass is 10.2. The highest BCUT2D eigenvalue weighted by molar-refractivity contribution is 9.11. The van der Waals surface area contributed by atoms with Crippen molar-refractivity contribution in [1.82, 2.24) is 0 Å². The fourth-order valence-electron chi connectivity index (χ4n) is 1.06. The first-order valence-electron chi connectivity index (χ1n) is 4.57. The van der Waals surface area contributed by atoms with Crippen molar-refractivity contribution in [3.8, 4) is 5.75 Å². The van der Waals surface area contributed by atoms with Gasteiger partial charge in [0.05, 0.1) is 11.1 Å². The molecule has 0 spiro atoms. The minimum atomic E-state index is -0.432. The molecule has 0 heterocycles. The van der Waals surface area contributed by atoms with Crippen molar-refractivity contribution in [3.05, 3.63) is 32.7 Å². The second-order valence-corrected chi connectivity index (χ2v) is 4.68. The lowest BCUT2D eigenvalue weighted by Crippen LogP contribution is -1.98. The molecule has 5 heteroatoms. The summed E-state index contributed by atoms with van der Waals surface area (Å²) in [6.07, 6.45) is 2.78. The molecule has 0 fully saturated rings. The predicted octanol–water partition coefficient (Wildman–Crippen LogP) is 3.49. The topological polar surface area (TPSA) is 46.5 Å². The second-order valence-electron chi connectivity index (χ2n) is 2.91. The molecule has 0 saturated heterocycles. The summed E-state index contributed by atoms with van der Waals surface area (Å²) in [6.45, 7) is 2.07. The maximum Gasteiger partial charge on any atom is 0.330 e. The highest BCUT2D eigenvalue weighted by Crippen LogP contribution is 2.32. The summed E-state index contributed by atoms with van der Waals surface area (Å²) in [5.41, 5.74) is 0.536. The van der Waals surface area contributed by atoms with E-state index in [-0.39, 0.29) is 5.75 Å². The van der Waals surface area contributed by atoms with E-state index >= 15 is 0 Å². The fourth-order valence-corrected chi connectivity index (χ4v) is 2.32. The van der Waals surface area contributed by atoms with E-state index in [9.17, 15) is 9.90 Å². The van der Waals surface area contributed by atoms with Crippen LogP contribution in [0.5, 0.6) is 5.75 Å². The van der Waals surface area contributed by atoms with Gasteiger partial charge in [-0.25, -0.2) is 4.79 Å². The maximum absolute atomic E-state index is 11.1. The lowest BCUT2D eigenvalue weighted by Gasteiger charge is -2.03. The molecule has 0 aliphatic heterocycles. The van der Waals surface area contributed by atoms with Crippen molar-refractivity contribution < 1.29 is 14.6 Å². The molecule has 1 N–H and O–H groups in total. The van der Waals surface area contributed by atoms with Crippen LogP contribution in [-0.2, 0) is 9.53 Å². The molecule has 0 unspecified atom stereocenters. The Hall–Kier alpha value is -0.810. The fraction of sp³-hybridized carbons (Fsp3) is 0.182. The Morgan fingerprint density at radius 1 is 1.50 bits per heavy atom. The van der Waals surface area contributed by atoms with E-state index in [0.29, 0.717) is 16.6 Å². The molecule has 86 valence electrons. The van der Waals surface area contributed by atoms with Crippen LogP contribution in [0, 0.1) is 0 Å². The number of ether oxygens (including phenoxy) is 1. The highest BCUT2D eigenvalue weighted by atomic mass is 79.9. The van der Waals surface area contributed by atoms with Crippen LogP contribution < -0.4 is 0 Å². The van der Waals surface area contributed by atoms with E-state index in [1.54, 1.807) is 19.1 Å². The molecule has 0 radical (unpaired) electrons. The number of esters is 1. The molecule has 0 bridgehead atoms. The quantitative estimate of drug-likeness (QED) is 0.671. The Labute approximate surface area is 110 Å². The Morgan fingerprint density at radius 2 is 2.19 bits per heavy atom. The van der Waals surface area contributed by atoms with Crippen molar-refractivity contribution in [2.45, 2.75) is 6.92 Å². The number of carbonyl (C=O) groups excluding carboxylic acids is 1. The standard InChI is InChI=1S/C11H10Br2O3/c1-2-16-10(14)4-3-7-5-8(12)6-9(13)11(7)15/h3-6,15H,2H2,1H3. The van der Waals surface area contributed by atoms with Crippen molar-refractivity contribution in [2.24, 2.45) is 0 Å². The second kappa shape index (κ2) is 6.06. The third kappa shape index (κ3) is 3.64. The van der Waals surface area contributed by atoms with E-state index in [1.165, 1.54) is 12.2 Å². The molecule has 16 heavy (non-hydrogen) atoms. The van der Waals surface area contributed by atoms with E-state index in [4.69, 9.17) is 4.74 Å². The summed E-state index contributed by atoms with van der Waals surface area (Å²) >= 11 is 6.50. The van der Waals surface area contributed by atoms with Crippen LogP contribution in [0.4, 0.5) is 0 Å². The first-order valence-corrected chi connectivity index (χ1v) is 6.16. The minimum Gasteiger partial charge on any atom is -0.506 e. The lowest BCUT2D eigenvalue weighted by molar-refractivity contribution is -0.137. The van der Waals surface area contributed by atoms with E-state index < -0.39 is 5.97 Å². The molecule has 0 saturated carbocycles. The van der Waals surface area contributed by atoms with Crippen molar-refractivity contribution in [1.29, 1.82) is 0 Å². The summed E-state index contributed by atoms with van der Waals surface area (Å²) in [6, 6.07) is 3.42. The average Bonchev–Trinajstić information content (AvgIpc) is 2.21. The van der Waals surface area contributed by atoms with Crippen LogP contribution in [0.3, 0.4) is 0 Å². The van der Waals surface area contributed by atoms with Gasteiger partial charge in [-0.2, -0.15) is 0 Å². The smallest absolute Gasteiger partial charge is 0.330 e. The van der Waals surface area contributed by atoms with E-state index in [1.807, 2.05) is 0 Å². The molecular weight excluding hydrogens is 340 g/mol. The number of phenolic OH excluding ortho intramolecular Hbond substituents is 1. The normalized spacial score (nSPS) is 10.7. The molecule has 0 aliphatic carbocycles. The van der Waals surface area contributed by atoms with Gasteiger partial charge in [0, 0.05) is 16.1 Å². The van der Waals surface area contributed by atoms with Crippen LogP contribution >= 0.6 is 31.9 Å². The summed E-state index contributed by atoms with van der Waals surface area (Å²) in [4.78, 5) is 11.1. The van der Waals surface area contributed by atoms with E-state index in [2.05, 4.69) is 31.9 Å². The average molecular weight is 350 g/mol. The predicted molar refractivity (Wildman–Crippen MR) is 69.2 cm³/mol. The molecule has 0 aromatic heterocycles. The number of hydrogen-bond acceptors (Lipinski definition) is 3. The van der Waals surface area contributed by atoms with Crippen molar-refractivity contribution in [3.63, 3.8) is 0 Å². The van der Waals surface area contributed by atoms with E-state index in [0.717, 1.165) is 4.47 Å².